The van der Waals surface area contributed by atoms with Crippen LogP contribution < -0.4 is 30.8 Å². The van der Waals surface area contributed by atoms with E-state index >= 15 is 0 Å². The van der Waals surface area contributed by atoms with E-state index in [2.05, 4.69) is 127 Å². The Morgan fingerprint density at radius 1 is 0.510 bits per heavy atom. The second-order valence-corrected chi connectivity index (χ2v) is 12.5. The van der Waals surface area contributed by atoms with Crippen LogP contribution in [0.15, 0.2) is 158 Å². The van der Waals surface area contributed by atoms with Crippen LogP contribution in [0, 0.1) is 18.3 Å². The van der Waals surface area contributed by atoms with Crippen molar-refractivity contribution in [3.63, 3.8) is 0 Å². The molecule has 0 atom stereocenters. The number of hydrogen-bond acceptors (Lipinski definition) is 4. The molecule has 9 rings (SSSR count). The molecule has 0 N–H and O–H groups in total. The van der Waals surface area contributed by atoms with Gasteiger partial charge in [0.25, 0.3) is 6.71 Å². The maximum Gasteiger partial charge on any atom is 0.260 e. The van der Waals surface area contributed by atoms with E-state index in [1.54, 1.807) is 0 Å². The minimum atomic E-state index is -0.0741. The van der Waals surface area contributed by atoms with E-state index in [1.807, 2.05) is 48.5 Å². The van der Waals surface area contributed by atoms with Crippen LogP contribution in [0.1, 0.15) is 11.1 Å². The van der Waals surface area contributed by atoms with Crippen LogP contribution in [-0.4, -0.2) is 6.71 Å². The summed E-state index contributed by atoms with van der Waals surface area (Å²) >= 11 is 0. The molecule has 0 amide bonds. The van der Waals surface area contributed by atoms with Crippen molar-refractivity contribution in [2.45, 2.75) is 6.92 Å². The number of anilines is 3. The Kier molecular flexibility index (Phi) is 6.81. The summed E-state index contributed by atoms with van der Waals surface area (Å²) in [5, 5.41) is 9.84. The molecule has 2 heterocycles. The monoisotopic (exact) mass is 628 g/mol. The fourth-order valence-electron chi connectivity index (χ4n) is 7.15. The number of ether oxygens (including phenoxy) is 2. The number of benzene rings is 7. The first-order chi connectivity index (χ1) is 24.1. The van der Waals surface area contributed by atoms with Crippen molar-refractivity contribution < 1.29 is 9.47 Å². The van der Waals surface area contributed by atoms with Crippen LogP contribution in [0.3, 0.4) is 0 Å². The zero-order valence-electron chi connectivity index (χ0n) is 26.8. The molecule has 7 aromatic carbocycles. The first kappa shape index (κ1) is 28.7. The van der Waals surface area contributed by atoms with Crippen LogP contribution in [0.25, 0.3) is 22.3 Å². The maximum atomic E-state index is 9.84. The second-order valence-electron chi connectivity index (χ2n) is 12.5. The molecule has 0 aliphatic carbocycles. The first-order valence-corrected chi connectivity index (χ1v) is 16.4. The summed E-state index contributed by atoms with van der Waals surface area (Å²) in [5.74, 6) is 3.16. The van der Waals surface area contributed by atoms with Crippen molar-refractivity contribution in [3.05, 3.63) is 169 Å². The molecule has 0 aromatic heterocycles. The Hall–Kier alpha value is -6.51. The van der Waals surface area contributed by atoms with E-state index in [4.69, 9.17) is 9.47 Å². The van der Waals surface area contributed by atoms with E-state index in [0.717, 1.165) is 84.3 Å². The number of rotatable bonds is 5. The van der Waals surface area contributed by atoms with Gasteiger partial charge in [-0.1, -0.05) is 109 Å². The number of hydrogen-bond donors (Lipinski definition) is 0. The highest BCUT2D eigenvalue weighted by Crippen LogP contribution is 2.44. The Labute approximate surface area is 286 Å². The highest BCUT2D eigenvalue weighted by Gasteiger charge is 2.41. The van der Waals surface area contributed by atoms with Gasteiger partial charge in [0.2, 0.25) is 0 Å². The van der Waals surface area contributed by atoms with Gasteiger partial charge in [-0.15, -0.1) is 0 Å². The molecular weight excluding hydrogens is 599 g/mol. The van der Waals surface area contributed by atoms with Crippen molar-refractivity contribution in [3.8, 4) is 51.3 Å². The normalized spacial score (nSPS) is 12.0. The number of aryl methyl sites for hydroxylation is 1. The Balaban J connectivity index is 1.27. The molecule has 0 saturated heterocycles. The second kappa shape index (κ2) is 11.6. The predicted octanol–water partition coefficient (Wildman–Crippen LogP) is 9.40. The van der Waals surface area contributed by atoms with E-state index in [-0.39, 0.29) is 6.71 Å². The van der Waals surface area contributed by atoms with E-state index in [0.29, 0.717) is 5.56 Å². The quantitative estimate of drug-likeness (QED) is 0.178. The zero-order valence-corrected chi connectivity index (χ0v) is 26.8. The Morgan fingerprint density at radius 3 is 1.57 bits per heavy atom. The summed E-state index contributed by atoms with van der Waals surface area (Å²) < 4.78 is 13.7. The molecule has 0 radical (unpaired) electrons. The molecular formula is C44H29BN2O2. The van der Waals surface area contributed by atoms with Gasteiger partial charge >= 0.3 is 0 Å². The largest absolute Gasteiger partial charge is 0.458 e. The summed E-state index contributed by atoms with van der Waals surface area (Å²) in [7, 11) is 0. The Bertz CT molecular complexity index is 2310. The third-order valence-electron chi connectivity index (χ3n) is 9.53. The fourth-order valence-corrected chi connectivity index (χ4v) is 7.15. The van der Waals surface area contributed by atoms with Crippen molar-refractivity contribution in [2.75, 3.05) is 4.90 Å². The van der Waals surface area contributed by atoms with Gasteiger partial charge in [-0.3, -0.25) is 0 Å². The third kappa shape index (κ3) is 4.94. The lowest BCUT2D eigenvalue weighted by molar-refractivity contribution is 0.465. The number of nitriles is 1. The topological polar surface area (TPSA) is 45.5 Å². The van der Waals surface area contributed by atoms with Crippen LogP contribution in [-0.2, 0) is 0 Å². The summed E-state index contributed by atoms with van der Waals surface area (Å²) in [5.41, 5.74) is 12.1. The summed E-state index contributed by atoms with van der Waals surface area (Å²) in [6, 6.07) is 56.5. The lowest BCUT2D eigenvalue weighted by Crippen LogP contribution is -2.57. The van der Waals surface area contributed by atoms with Crippen molar-refractivity contribution in [1.29, 1.82) is 5.26 Å². The molecule has 2 aliphatic heterocycles. The van der Waals surface area contributed by atoms with Gasteiger partial charge in [0.05, 0.1) is 23.0 Å². The van der Waals surface area contributed by atoms with Gasteiger partial charge in [-0.2, -0.15) is 5.26 Å². The molecule has 0 fully saturated rings. The molecule has 0 saturated carbocycles. The van der Waals surface area contributed by atoms with Crippen molar-refractivity contribution >= 4 is 40.2 Å². The molecule has 0 spiro atoms. The van der Waals surface area contributed by atoms with E-state index < -0.39 is 0 Å². The van der Waals surface area contributed by atoms with E-state index in [9.17, 15) is 5.26 Å². The maximum absolute atomic E-state index is 9.84. The number of fused-ring (bicyclic) bond motifs is 4. The highest BCUT2D eigenvalue weighted by molar-refractivity contribution is 6.98. The zero-order chi connectivity index (χ0) is 32.9. The van der Waals surface area contributed by atoms with Gasteiger partial charge < -0.3 is 14.4 Å². The average molecular weight is 629 g/mol. The predicted molar refractivity (Wildman–Crippen MR) is 199 cm³/mol. The lowest BCUT2D eigenvalue weighted by atomic mass is 9.34. The summed E-state index contributed by atoms with van der Waals surface area (Å²) in [6.45, 7) is 2.00. The third-order valence-corrected chi connectivity index (χ3v) is 9.53. The van der Waals surface area contributed by atoms with Crippen LogP contribution in [0.4, 0.5) is 17.1 Å². The van der Waals surface area contributed by atoms with E-state index in [1.165, 1.54) is 0 Å². The van der Waals surface area contributed by atoms with Crippen molar-refractivity contribution in [1.82, 2.24) is 0 Å². The van der Waals surface area contributed by atoms with Gasteiger partial charge in [-0.25, -0.2) is 0 Å². The molecule has 49 heavy (non-hydrogen) atoms. The van der Waals surface area contributed by atoms with Gasteiger partial charge in [0.1, 0.15) is 23.0 Å². The minimum absolute atomic E-state index is 0.0741. The Morgan fingerprint density at radius 2 is 1.04 bits per heavy atom. The van der Waals surface area contributed by atoms with Crippen molar-refractivity contribution in [2.24, 2.45) is 0 Å². The van der Waals surface area contributed by atoms with Gasteiger partial charge in [0, 0.05) is 23.3 Å². The number of para-hydroxylation sites is 1. The summed E-state index contributed by atoms with van der Waals surface area (Å²) in [6.07, 6.45) is 0. The molecule has 230 valence electrons. The summed E-state index contributed by atoms with van der Waals surface area (Å²) in [4.78, 5) is 2.18. The highest BCUT2D eigenvalue weighted by atomic mass is 16.5. The SMILES string of the molecule is Cc1ccc(C#N)cc1N(c1ccccc1)c1cc2c3c(c1)Oc1cc(-c4ccccc4)ccc1B3c1ccc(-c3ccccc3)cc1O2. The van der Waals surface area contributed by atoms with Gasteiger partial charge in [0.15, 0.2) is 0 Å². The van der Waals surface area contributed by atoms with Crippen LogP contribution in [0.5, 0.6) is 23.0 Å². The number of nitrogens with zero attached hydrogens (tertiary/aromatic N) is 2. The molecule has 2 aliphatic rings. The van der Waals surface area contributed by atoms with Crippen LogP contribution in [0.2, 0.25) is 0 Å². The molecule has 0 bridgehead atoms. The standard InChI is InChI=1S/C44H29BN2O2/c1-29-17-18-30(28-46)23-39(29)47(35-15-9-4-10-16-35)36-26-42-44-43(27-36)49-41-25-34(32-13-7-3-8-14-32)20-22-38(41)45(44)37-21-19-33(24-40(37)48-42)31-11-5-2-6-12-31/h2-27H,1H3. The molecule has 7 aromatic rings. The van der Waals surface area contributed by atoms with Crippen LogP contribution >= 0.6 is 0 Å². The minimum Gasteiger partial charge on any atom is -0.458 e. The molecule has 4 nitrogen and oxygen atoms in total. The fraction of sp³-hybridized carbons (Fsp3) is 0.0227. The van der Waals surface area contributed by atoms with Gasteiger partial charge in [-0.05, 0) is 82.1 Å². The molecule has 0 unspecified atom stereocenters. The molecule has 5 heteroatoms. The smallest absolute Gasteiger partial charge is 0.260 e. The lowest BCUT2D eigenvalue weighted by Gasteiger charge is -2.35. The average Bonchev–Trinajstić information content (AvgIpc) is 3.16. The first-order valence-electron chi connectivity index (χ1n) is 16.4.